The smallest absolute Gasteiger partial charge is 0.328 e. The van der Waals surface area contributed by atoms with E-state index in [4.69, 9.17) is 10.8 Å². The second-order valence-corrected chi connectivity index (χ2v) is 4.68. The van der Waals surface area contributed by atoms with Crippen molar-refractivity contribution in [1.82, 2.24) is 10.6 Å². The fraction of sp³-hybridized carbons (Fsp3) is 0.700. The zero-order chi connectivity index (χ0) is 14.5. The number of aliphatic carboxylic acids is 1. The largest absolute Gasteiger partial charge is 0.480 e. The summed E-state index contributed by atoms with van der Waals surface area (Å²) >= 11 is 0. The summed E-state index contributed by atoms with van der Waals surface area (Å²) in [6.07, 6.45) is -1.33. The lowest BCUT2D eigenvalue weighted by Gasteiger charge is -2.26. The molecule has 3 amide bonds. The van der Waals surface area contributed by atoms with E-state index in [1.54, 1.807) is 13.8 Å². The summed E-state index contributed by atoms with van der Waals surface area (Å²) in [6, 6.07) is -2.22. The second kappa shape index (κ2) is 6.20. The summed E-state index contributed by atoms with van der Waals surface area (Å²) in [7, 11) is 0. The average Bonchev–Trinajstić information content (AvgIpc) is 2.09. The summed E-state index contributed by atoms with van der Waals surface area (Å²) in [4.78, 5) is 33.0. The maximum absolute atomic E-state index is 11.5. The van der Waals surface area contributed by atoms with Crippen LogP contribution in [0.25, 0.3) is 0 Å². The van der Waals surface area contributed by atoms with Crippen LogP contribution in [0.15, 0.2) is 0 Å². The van der Waals surface area contributed by atoms with Crippen LogP contribution in [-0.4, -0.2) is 45.8 Å². The van der Waals surface area contributed by atoms with E-state index in [-0.39, 0.29) is 6.42 Å². The first-order valence-electron chi connectivity index (χ1n) is 5.33. The number of carbonyl (C=O) groups is 3. The quantitative estimate of drug-likeness (QED) is 0.407. The van der Waals surface area contributed by atoms with Crippen LogP contribution in [0, 0.1) is 0 Å². The SMILES string of the molecule is CC(O)C(NC(=O)NC(C)(C)CC(N)=O)C(=O)O. The molecule has 2 atom stereocenters. The number of amides is 3. The summed E-state index contributed by atoms with van der Waals surface area (Å²) < 4.78 is 0. The Morgan fingerprint density at radius 2 is 1.83 bits per heavy atom. The molecule has 0 aliphatic heterocycles. The third-order valence-corrected chi connectivity index (χ3v) is 2.10. The van der Waals surface area contributed by atoms with E-state index < -0.39 is 35.6 Å². The van der Waals surface area contributed by atoms with Crippen molar-refractivity contribution in [3.05, 3.63) is 0 Å². The lowest BCUT2D eigenvalue weighted by molar-refractivity contribution is -0.141. The Morgan fingerprint density at radius 1 is 1.33 bits per heavy atom. The van der Waals surface area contributed by atoms with Crippen molar-refractivity contribution < 1.29 is 24.6 Å². The number of aliphatic hydroxyl groups excluding tert-OH is 1. The first-order chi connectivity index (χ1) is 8.05. The highest BCUT2D eigenvalue weighted by Crippen LogP contribution is 2.07. The van der Waals surface area contributed by atoms with E-state index in [0.29, 0.717) is 0 Å². The Kier molecular flexibility index (Phi) is 5.57. The lowest BCUT2D eigenvalue weighted by Crippen LogP contribution is -2.56. The number of nitrogens with one attached hydrogen (secondary N) is 2. The fourth-order valence-corrected chi connectivity index (χ4v) is 1.35. The van der Waals surface area contributed by atoms with Crippen LogP contribution in [0.2, 0.25) is 0 Å². The molecule has 0 saturated carbocycles. The van der Waals surface area contributed by atoms with Crippen LogP contribution < -0.4 is 16.4 Å². The normalized spacial score (nSPS) is 14.4. The molecule has 8 heteroatoms. The molecule has 0 aromatic heterocycles. The van der Waals surface area contributed by atoms with Gasteiger partial charge in [-0.15, -0.1) is 0 Å². The van der Waals surface area contributed by atoms with Crippen molar-refractivity contribution in [2.75, 3.05) is 0 Å². The minimum atomic E-state index is -1.42. The molecule has 0 bridgehead atoms. The zero-order valence-electron chi connectivity index (χ0n) is 10.6. The van der Waals surface area contributed by atoms with E-state index in [1.807, 2.05) is 0 Å². The minimum Gasteiger partial charge on any atom is -0.480 e. The summed E-state index contributed by atoms with van der Waals surface area (Å²) in [6.45, 7) is 4.37. The molecule has 0 fully saturated rings. The highest BCUT2D eigenvalue weighted by atomic mass is 16.4. The van der Waals surface area contributed by atoms with Crippen molar-refractivity contribution in [3.8, 4) is 0 Å². The van der Waals surface area contributed by atoms with Gasteiger partial charge in [-0.3, -0.25) is 4.79 Å². The number of urea groups is 1. The highest BCUT2D eigenvalue weighted by Gasteiger charge is 2.28. The van der Waals surface area contributed by atoms with Crippen LogP contribution in [0.4, 0.5) is 4.79 Å². The molecular formula is C10H19N3O5. The van der Waals surface area contributed by atoms with Gasteiger partial charge in [-0.1, -0.05) is 0 Å². The van der Waals surface area contributed by atoms with Gasteiger partial charge in [0.2, 0.25) is 5.91 Å². The lowest BCUT2D eigenvalue weighted by atomic mass is 10.0. The van der Waals surface area contributed by atoms with Crippen LogP contribution in [0.3, 0.4) is 0 Å². The third kappa shape index (κ3) is 6.04. The van der Waals surface area contributed by atoms with Crippen LogP contribution in [0.1, 0.15) is 27.2 Å². The van der Waals surface area contributed by atoms with Gasteiger partial charge in [-0.25, -0.2) is 9.59 Å². The van der Waals surface area contributed by atoms with Crippen molar-refractivity contribution in [2.24, 2.45) is 5.73 Å². The average molecular weight is 261 g/mol. The van der Waals surface area contributed by atoms with E-state index in [1.165, 1.54) is 6.92 Å². The molecular weight excluding hydrogens is 242 g/mol. The van der Waals surface area contributed by atoms with Gasteiger partial charge in [0.15, 0.2) is 6.04 Å². The molecule has 0 rings (SSSR count). The molecule has 2 unspecified atom stereocenters. The van der Waals surface area contributed by atoms with Crippen molar-refractivity contribution in [1.29, 1.82) is 0 Å². The molecule has 0 aromatic rings. The number of carboxylic acids is 1. The molecule has 0 saturated heterocycles. The van der Waals surface area contributed by atoms with Gasteiger partial charge in [0.05, 0.1) is 6.10 Å². The van der Waals surface area contributed by atoms with Crippen molar-refractivity contribution in [2.45, 2.75) is 44.9 Å². The number of rotatable bonds is 6. The molecule has 8 nitrogen and oxygen atoms in total. The molecule has 0 radical (unpaired) electrons. The fourth-order valence-electron chi connectivity index (χ4n) is 1.35. The summed E-state index contributed by atoms with van der Waals surface area (Å²) in [5, 5.41) is 22.4. The van der Waals surface area contributed by atoms with Gasteiger partial charge in [0.25, 0.3) is 0 Å². The Morgan fingerprint density at radius 3 is 2.17 bits per heavy atom. The van der Waals surface area contributed by atoms with E-state index in [9.17, 15) is 19.5 Å². The number of carboxylic acid groups (broad SMARTS) is 1. The molecule has 0 aromatic carbocycles. The summed E-state index contributed by atoms with van der Waals surface area (Å²) in [5.74, 6) is -1.95. The number of nitrogens with two attached hydrogens (primary N) is 1. The number of primary amides is 1. The van der Waals surface area contributed by atoms with Crippen molar-refractivity contribution >= 4 is 17.9 Å². The molecule has 0 aliphatic rings. The van der Waals surface area contributed by atoms with Gasteiger partial charge in [0.1, 0.15) is 0 Å². The van der Waals surface area contributed by atoms with E-state index in [2.05, 4.69) is 10.6 Å². The molecule has 6 N–H and O–H groups in total. The molecule has 0 heterocycles. The van der Waals surface area contributed by atoms with Crippen LogP contribution in [-0.2, 0) is 9.59 Å². The molecule has 0 aliphatic carbocycles. The number of hydrogen-bond acceptors (Lipinski definition) is 4. The Labute approximate surface area is 105 Å². The number of aliphatic hydroxyl groups is 1. The Hall–Kier alpha value is -1.83. The Balaban J connectivity index is 4.50. The predicted octanol–water partition coefficient (Wildman–Crippen LogP) is -1.23. The molecule has 104 valence electrons. The molecule has 18 heavy (non-hydrogen) atoms. The second-order valence-electron chi connectivity index (χ2n) is 4.68. The van der Waals surface area contributed by atoms with E-state index >= 15 is 0 Å². The monoisotopic (exact) mass is 261 g/mol. The van der Waals surface area contributed by atoms with Gasteiger partial charge < -0.3 is 26.6 Å². The topological polar surface area (TPSA) is 142 Å². The number of carbonyl (C=O) groups excluding carboxylic acids is 2. The van der Waals surface area contributed by atoms with Crippen molar-refractivity contribution in [3.63, 3.8) is 0 Å². The zero-order valence-corrected chi connectivity index (χ0v) is 10.6. The van der Waals surface area contributed by atoms with Crippen LogP contribution >= 0.6 is 0 Å². The van der Waals surface area contributed by atoms with Gasteiger partial charge in [-0.05, 0) is 20.8 Å². The number of hydrogen-bond donors (Lipinski definition) is 5. The van der Waals surface area contributed by atoms with E-state index in [0.717, 1.165) is 0 Å². The Bertz CT molecular complexity index is 340. The molecule has 0 spiro atoms. The third-order valence-electron chi connectivity index (χ3n) is 2.10. The minimum absolute atomic E-state index is 0.0904. The van der Waals surface area contributed by atoms with Gasteiger partial charge in [-0.2, -0.15) is 0 Å². The first kappa shape index (κ1) is 16.2. The standard InChI is InChI=1S/C10H19N3O5/c1-5(14)7(8(16)17)12-9(18)13-10(2,3)4-6(11)15/h5,7,14H,4H2,1-3H3,(H2,11,15)(H,16,17)(H2,12,13,18). The van der Waals surface area contributed by atoms with Crippen LogP contribution in [0.5, 0.6) is 0 Å². The first-order valence-corrected chi connectivity index (χ1v) is 5.33. The highest BCUT2D eigenvalue weighted by molar-refractivity contribution is 5.84. The van der Waals surface area contributed by atoms with Gasteiger partial charge >= 0.3 is 12.0 Å². The maximum Gasteiger partial charge on any atom is 0.328 e. The summed E-state index contributed by atoms with van der Waals surface area (Å²) in [5.41, 5.74) is 4.10. The van der Waals surface area contributed by atoms with Gasteiger partial charge in [0, 0.05) is 12.0 Å². The maximum atomic E-state index is 11.5. The predicted molar refractivity (Wildman–Crippen MR) is 62.7 cm³/mol.